The second-order valence-corrected chi connectivity index (χ2v) is 16.4. The van der Waals surface area contributed by atoms with Crippen molar-refractivity contribution >= 4 is 50.0 Å². The quantitative estimate of drug-likeness (QED) is 0.121. The molecular formula is C38H33ClF6N8O3S. The molecule has 298 valence electrons. The third-order valence-electron chi connectivity index (χ3n) is 10.2. The van der Waals surface area contributed by atoms with Crippen LogP contribution in [-0.4, -0.2) is 64.9 Å². The lowest BCUT2D eigenvalue weighted by molar-refractivity contribution is -0.120. The van der Waals surface area contributed by atoms with Gasteiger partial charge in [-0.25, -0.2) is 26.0 Å². The summed E-state index contributed by atoms with van der Waals surface area (Å²) in [6, 6.07) is 9.82. The number of aromatic nitrogens is 4. The molecule has 3 aromatic heterocycles. The topological polar surface area (TPSA) is 157 Å². The molecule has 2 aliphatic carbocycles. The highest BCUT2D eigenvalue weighted by atomic mass is 35.5. The minimum Gasteiger partial charge on any atom is -0.397 e. The summed E-state index contributed by atoms with van der Waals surface area (Å²) in [6.07, 6.45) is 1.97. The Morgan fingerprint density at radius 3 is 2.46 bits per heavy atom. The van der Waals surface area contributed by atoms with Gasteiger partial charge in [0.2, 0.25) is 15.9 Å². The van der Waals surface area contributed by atoms with Crippen LogP contribution >= 0.6 is 11.6 Å². The molecule has 5 aromatic rings. The van der Waals surface area contributed by atoms with Gasteiger partial charge in [-0.05, 0) is 48.7 Å². The Morgan fingerprint density at radius 1 is 1.09 bits per heavy atom. The summed E-state index contributed by atoms with van der Waals surface area (Å²) in [5.74, 6) is -7.46. The Hall–Kier alpha value is -5.49. The molecule has 0 unspecified atom stereocenters. The summed E-state index contributed by atoms with van der Waals surface area (Å²) in [5, 5.41) is 7.42. The Labute approximate surface area is 327 Å². The van der Waals surface area contributed by atoms with Crippen molar-refractivity contribution in [3.05, 3.63) is 106 Å². The molecular weight excluding hydrogens is 798 g/mol. The van der Waals surface area contributed by atoms with Crippen LogP contribution in [-0.2, 0) is 28.3 Å². The Balaban J connectivity index is 1.37. The van der Waals surface area contributed by atoms with Gasteiger partial charge in [-0.1, -0.05) is 30.7 Å². The largest absolute Gasteiger partial charge is 0.397 e. The summed E-state index contributed by atoms with van der Waals surface area (Å²) in [6.45, 7) is 0.296. The van der Waals surface area contributed by atoms with Crippen molar-refractivity contribution in [1.82, 2.24) is 25.1 Å². The minimum atomic E-state index is -3.82. The molecule has 0 saturated heterocycles. The van der Waals surface area contributed by atoms with Crippen LogP contribution in [0.4, 0.5) is 32.2 Å². The number of aryl methyl sites for hydroxylation is 1. The van der Waals surface area contributed by atoms with Gasteiger partial charge in [0.15, 0.2) is 5.82 Å². The van der Waals surface area contributed by atoms with E-state index in [9.17, 15) is 30.8 Å². The normalized spacial score (nSPS) is 20.8. The molecule has 2 aliphatic rings. The number of nitrogens with one attached hydrogen (secondary N) is 2. The van der Waals surface area contributed by atoms with E-state index in [2.05, 4.69) is 25.1 Å². The van der Waals surface area contributed by atoms with E-state index in [0.717, 1.165) is 18.4 Å². The Bertz CT molecular complexity index is 2600. The number of carbonyl (C=O) groups excluding carboxylic acids is 1. The molecule has 4 N–H and O–H groups in total. The lowest BCUT2D eigenvalue weighted by atomic mass is 9.92. The van der Waals surface area contributed by atoms with Crippen LogP contribution in [0.15, 0.2) is 83.4 Å². The summed E-state index contributed by atoms with van der Waals surface area (Å²) in [7, 11) is -2.27. The Morgan fingerprint density at radius 2 is 1.81 bits per heavy atom. The number of fused-ring (bicyclic) bond motifs is 2. The molecule has 0 spiro atoms. The maximum atomic E-state index is 15.6. The first-order valence-electron chi connectivity index (χ1n) is 17.3. The average Bonchev–Trinajstić information content (AvgIpc) is 3.67. The molecule has 2 fully saturated rings. The van der Waals surface area contributed by atoms with Gasteiger partial charge in [0, 0.05) is 70.9 Å². The number of allylic oxidation sites excluding steroid dienone is 2. The van der Waals surface area contributed by atoms with Gasteiger partial charge in [0.05, 0.1) is 39.6 Å². The number of rotatable bonds is 11. The number of hydrogen-bond acceptors (Lipinski definition) is 8. The monoisotopic (exact) mass is 830 g/mol. The molecule has 0 radical (unpaired) electrons. The van der Waals surface area contributed by atoms with Gasteiger partial charge >= 0.3 is 0 Å². The fourth-order valence-electron chi connectivity index (χ4n) is 7.45. The van der Waals surface area contributed by atoms with E-state index in [-0.39, 0.29) is 40.3 Å². The molecule has 7 rings (SSSR count). The van der Waals surface area contributed by atoms with E-state index >= 15 is 8.78 Å². The first kappa shape index (κ1) is 39.7. The second-order valence-electron chi connectivity index (χ2n) is 14.2. The molecule has 2 saturated carbocycles. The maximum absolute atomic E-state index is 15.6. The summed E-state index contributed by atoms with van der Waals surface area (Å²) >= 11 is 6.62. The maximum Gasteiger partial charge on any atom is 0.295 e. The fourth-order valence-corrected chi connectivity index (χ4v) is 8.19. The molecule has 2 aromatic carbocycles. The van der Waals surface area contributed by atoms with Crippen molar-refractivity contribution in [2.75, 3.05) is 17.5 Å². The van der Waals surface area contributed by atoms with Gasteiger partial charge in [0.1, 0.15) is 23.9 Å². The zero-order chi connectivity index (χ0) is 41.2. The predicted octanol–water partition coefficient (Wildman–Crippen LogP) is 6.99. The first-order valence-corrected chi connectivity index (χ1v) is 19.5. The number of nitrogens with two attached hydrogens (primary N) is 1. The molecule has 1 amide bonds. The minimum absolute atomic E-state index is 0.0740. The van der Waals surface area contributed by atoms with Crippen LogP contribution in [0.5, 0.6) is 0 Å². The van der Waals surface area contributed by atoms with Crippen molar-refractivity contribution in [1.29, 1.82) is 0 Å². The second kappa shape index (κ2) is 14.5. The number of hydrogen-bond donors (Lipinski definition) is 3. The van der Waals surface area contributed by atoms with E-state index < -0.39 is 80.8 Å². The SMILES string of the molecule is Cn1nc(NS(C)(=O)=O)c2c(Cl)ccc(-c3cc(-c4cccnc4)cnc3[C@H](Cc3cc(F)cc(F)c3)NC(=O)CN=C3C(=C(N)C(F)F)[C@H]4C[C@@]4(C)C3(F)F)c21. The van der Waals surface area contributed by atoms with E-state index in [1.807, 2.05) is 0 Å². The average molecular weight is 831 g/mol. The molecule has 0 bridgehead atoms. The van der Waals surface area contributed by atoms with Gasteiger partial charge < -0.3 is 11.1 Å². The van der Waals surface area contributed by atoms with E-state index in [4.69, 9.17) is 22.3 Å². The van der Waals surface area contributed by atoms with Gasteiger partial charge in [-0.15, -0.1) is 0 Å². The van der Waals surface area contributed by atoms with Crippen LogP contribution in [0.3, 0.4) is 0 Å². The van der Waals surface area contributed by atoms with Crippen molar-refractivity contribution in [3.63, 3.8) is 0 Å². The van der Waals surface area contributed by atoms with Gasteiger partial charge in [0.25, 0.3) is 12.3 Å². The van der Waals surface area contributed by atoms with Gasteiger partial charge in [-0.2, -0.15) is 13.9 Å². The van der Waals surface area contributed by atoms with Crippen molar-refractivity contribution in [2.24, 2.45) is 29.1 Å². The lowest BCUT2D eigenvalue weighted by Gasteiger charge is -2.23. The molecule has 57 heavy (non-hydrogen) atoms. The number of alkyl halides is 4. The molecule has 3 heterocycles. The number of benzene rings is 2. The summed E-state index contributed by atoms with van der Waals surface area (Å²) in [4.78, 5) is 26.5. The number of anilines is 1. The van der Waals surface area contributed by atoms with Gasteiger partial charge in [-0.3, -0.25) is 29.2 Å². The van der Waals surface area contributed by atoms with Crippen LogP contribution < -0.4 is 15.8 Å². The fraction of sp³-hybridized carbons (Fsp3) is 0.289. The molecule has 3 atom stereocenters. The standard InChI is InChI=1S/C38H33ClF6N8O3S/c1-37-14-25(37)29(31(46)35(42)43)34(38(37,44)45)49-17-28(54)50-27(11-18-9-21(40)13-22(41)10-18)32-24(12-20(16-48-32)19-5-4-8-47-15-19)23-6-7-26(39)30-33(23)53(2)51-36(30)52-57(3,55)56/h4-10,12-13,15-16,25,27,35H,11,14,17,46H2,1-3H3,(H,50,54)(H,51,52)/t25-,27+,37-/m1/s1. The number of halogens is 7. The number of sulfonamides is 1. The van der Waals surface area contributed by atoms with Crippen molar-refractivity contribution in [3.8, 4) is 22.3 Å². The predicted molar refractivity (Wildman–Crippen MR) is 202 cm³/mol. The zero-order valence-corrected chi connectivity index (χ0v) is 31.9. The van der Waals surface area contributed by atoms with Crippen molar-refractivity contribution in [2.45, 2.75) is 38.2 Å². The van der Waals surface area contributed by atoms with Crippen molar-refractivity contribution < 1.29 is 39.6 Å². The summed E-state index contributed by atoms with van der Waals surface area (Å²) < 4.78 is 116. The number of aliphatic imine (C=N–C) groups is 1. The van der Waals surface area contributed by atoms with Crippen LogP contribution in [0.25, 0.3) is 33.2 Å². The van der Waals surface area contributed by atoms with Crippen LogP contribution in [0.1, 0.15) is 30.6 Å². The number of pyridine rings is 2. The number of amides is 1. The zero-order valence-electron chi connectivity index (χ0n) is 30.3. The number of carbonyl (C=O) groups is 1. The Kier molecular flexibility index (Phi) is 10.1. The third-order valence-corrected chi connectivity index (χ3v) is 11.1. The van der Waals surface area contributed by atoms with Crippen LogP contribution in [0, 0.1) is 23.0 Å². The third kappa shape index (κ3) is 7.43. The van der Waals surface area contributed by atoms with E-state index in [1.165, 1.54) is 23.9 Å². The van der Waals surface area contributed by atoms with E-state index in [1.54, 1.807) is 43.7 Å². The van der Waals surface area contributed by atoms with E-state index in [0.29, 0.717) is 33.8 Å². The molecule has 11 nitrogen and oxygen atoms in total. The molecule has 0 aliphatic heterocycles. The highest BCUT2D eigenvalue weighted by Gasteiger charge is 2.76. The highest BCUT2D eigenvalue weighted by Crippen LogP contribution is 2.71. The van der Waals surface area contributed by atoms with Crippen LogP contribution in [0.2, 0.25) is 5.02 Å². The molecule has 19 heteroatoms. The lowest BCUT2D eigenvalue weighted by Crippen LogP contribution is -2.36. The number of nitrogens with zero attached hydrogens (tertiary/aromatic N) is 5. The first-order chi connectivity index (χ1) is 26.8. The summed E-state index contributed by atoms with van der Waals surface area (Å²) in [5.41, 5.74) is 3.85. The smallest absolute Gasteiger partial charge is 0.295 e. The highest BCUT2D eigenvalue weighted by molar-refractivity contribution is 7.92.